The summed E-state index contributed by atoms with van der Waals surface area (Å²) >= 11 is 0. The van der Waals surface area contributed by atoms with Gasteiger partial charge in [-0.2, -0.15) is 0 Å². The molecule has 0 fully saturated rings. The van der Waals surface area contributed by atoms with Crippen LogP contribution < -0.4 is 0 Å². The lowest BCUT2D eigenvalue weighted by Gasteiger charge is -2.29. The van der Waals surface area contributed by atoms with Gasteiger partial charge in [-0.3, -0.25) is 4.57 Å². The highest BCUT2D eigenvalue weighted by atomic mass is 31.2. The van der Waals surface area contributed by atoms with E-state index < -0.39 is 7.60 Å². The molecule has 0 bridgehead atoms. The molecule has 0 radical (unpaired) electrons. The smallest absolute Gasteiger partial charge is 0.309 e. The van der Waals surface area contributed by atoms with Gasteiger partial charge in [0.1, 0.15) is 0 Å². The Morgan fingerprint density at radius 2 is 2.00 bits per heavy atom. The summed E-state index contributed by atoms with van der Waals surface area (Å²) in [6.07, 6.45) is 6.33. The molecule has 2 unspecified atom stereocenters. The van der Waals surface area contributed by atoms with Gasteiger partial charge in [-0.1, -0.05) is 18.6 Å². The van der Waals surface area contributed by atoms with Crippen molar-refractivity contribution in [1.82, 2.24) is 0 Å². The molecule has 1 aliphatic rings. The summed E-state index contributed by atoms with van der Waals surface area (Å²) < 4.78 is 23.2. The first-order valence-electron chi connectivity index (χ1n) is 7.04. The Kier molecular flexibility index (Phi) is 6.62. The Labute approximate surface area is 111 Å². The molecule has 3 nitrogen and oxygen atoms in total. The van der Waals surface area contributed by atoms with Gasteiger partial charge >= 0.3 is 7.60 Å². The molecule has 0 spiro atoms. The van der Waals surface area contributed by atoms with E-state index >= 15 is 0 Å². The molecule has 2 atom stereocenters. The number of rotatable bonds is 7. The van der Waals surface area contributed by atoms with Crippen LogP contribution in [0.5, 0.6) is 0 Å². The van der Waals surface area contributed by atoms with Crippen LogP contribution in [0.1, 0.15) is 47.0 Å². The maximum Gasteiger partial charge on any atom is 0.330 e. The second-order valence-corrected chi connectivity index (χ2v) is 7.29. The minimum Gasteiger partial charge on any atom is -0.309 e. The fourth-order valence-corrected chi connectivity index (χ4v) is 4.62. The molecule has 0 saturated heterocycles. The van der Waals surface area contributed by atoms with Crippen molar-refractivity contribution in [1.29, 1.82) is 0 Å². The topological polar surface area (TPSA) is 35.5 Å². The molecule has 0 aromatic carbocycles. The van der Waals surface area contributed by atoms with Crippen molar-refractivity contribution in [3.05, 3.63) is 11.6 Å². The van der Waals surface area contributed by atoms with Crippen LogP contribution in [0, 0.1) is 11.8 Å². The highest BCUT2D eigenvalue weighted by Gasteiger charge is 2.30. The van der Waals surface area contributed by atoms with Gasteiger partial charge in [-0.05, 0) is 51.9 Å². The van der Waals surface area contributed by atoms with E-state index in [4.69, 9.17) is 9.05 Å². The summed E-state index contributed by atoms with van der Waals surface area (Å²) in [6, 6.07) is 0. The molecule has 0 aromatic rings. The fourth-order valence-electron chi connectivity index (χ4n) is 2.54. The molecule has 0 heterocycles. The monoisotopic (exact) mass is 274 g/mol. The zero-order valence-corrected chi connectivity index (χ0v) is 13.0. The molecule has 4 heteroatoms. The van der Waals surface area contributed by atoms with Crippen LogP contribution in [0.25, 0.3) is 0 Å². The first kappa shape index (κ1) is 15.9. The summed E-state index contributed by atoms with van der Waals surface area (Å²) in [4.78, 5) is 0. The quantitative estimate of drug-likeness (QED) is 0.501. The van der Waals surface area contributed by atoms with E-state index in [0.29, 0.717) is 31.2 Å². The molecular formula is C14H27O3P. The van der Waals surface area contributed by atoms with Crippen molar-refractivity contribution in [2.45, 2.75) is 47.0 Å². The van der Waals surface area contributed by atoms with Crippen molar-refractivity contribution in [3.8, 4) is 0 Å². The number of hydrogen-bond donors (Lipinski definition) is 0. The van der Waals surface area contributed by atoms with Crippen molar-refractivity contribution >= 4 is 7.60 Å². The summed E-state index contributed by atoms with van der Waals surface area (Å²) in [5.41, 5.74) is 1.48. The van der Waals surface area contributed by atoms with Gasteiger partial charge in [0.2, 0.25) is 0 Å². The molecule has 1 aliphatic carbocycles. The summed E-state index contributed by atoms with van der Waals surface area (Å²) in [7, 11) is -2.88. The van der Waals surface area contributed by atoms with E-state index in [0.717, 1.165) is 6.42 Å². The van der Waals surface area contributed by atoms with Gasteiger partial charge in [-0.15, -0.1) is 0 Å². The van der Waals surface area contributed by atoms with Gasteiger partial charge in [0.15, 0.2) is 0 Å². The molecule has 18 heavy (non-hydrogen) atoms. The molecule has 1 rings (SSSR count). The predicted molar refractivity (Wildman–Crippen MR) is 76.0 cm³/mol. The lowest BCUT2D eigenvalue weighted by molar-refractivity contribution is 0.210. The SMILES string of the molecule is CCOP(=O)(CC(C)C1CC=C(C)CC1)OCC. The predicted octanol–water partition coefficient (Wildman–Crippen LogP) is 4.64. The van der Waals surface area contributed by atoms with Gasteiger partial charge in [-0.25, -0.2) is 0 Å². The largest absolute Gasteiger partial charge is 0.330 e. The Bertz CT molecular complexity index is 315. The summed E-state index contributed by atoms with van der Waals surface area (Å²) in [5.74, 6) is 1.00. The summed E-state index contributed by atoms with van der Waals surface area (Å²) in [5, 5.41) is 0. The third kappa shape index (κ3) is 4.87. The molecule has 0 N–H and O–H groups in total. The fraction of sp³-hybridized carbons (Fsp3) is 0.857. The Hall–Kier alpha value is -0.110. The Morgan fingerprint density at radius 3 is 2.44 bits per heavy atom. The average Bonchev–Trinajstić information content (AvgIpc) is 2.30. The first-order chi connectivity index (χ1) is 8.50. The molecule has 0 aliphatic heterocycles. The van der Waals surface area contributed by atoms with Crippen LogP contribution in [-0.4, -0.2) is 19.4 Å². The van der Waals surface area contributed by atoms with E-state index in [1.54, 1.807) is 0 Å². The van der Waals surface area contributed by atoms with E-state index in [1.807, 2.05) is 13.8 Å². The zero-order valence-electron chi connectivity index (χ0n) is 12.1. The Morgan fingerprint density at radius 1 is 1.39 bits per heavy atom. The van der Waals surface area contributed by atoms with Crippen LogP contribution >= 0.6 is 7.60 Å². The lowest BCUT2D eigenvalue weighted by atomic mass is 9.83. The van der Waals surface area contributed by atoms with Gasteiger partial charge in [0.05, 0.1) is 19.4 Å². The van der Waals surface area contributed by atoms with Crippen LogP contribution in [-0.2, 0) is 13.6 Å². The third-order valence-electron chi connectivity index (χ3n) is 3.65. The van der Waals surface area contributed by atoms with E-state index in [1.165, 1.54) is 18.4 Å². The second kappa shape index (κ2) is 7.47. The van der Waals surface area contributed by atoms with Gasteiger partial charge in [0.25, 0.3) is 0 Å². The van der Waals surface area contributed by atoms with Crippen molar-refractivity contribution < 1.29 is 13.6 Å². The number of allylic oxidation sites excluding steroid dienone is 2. The van der Waals surface area contributed by atoms with E-state index in [9.17, 15) is 4.57 Å². The molecule has 0 aromatic heterocycles. The molecule has 0 amide bonds. The van der Waals surface area contributed by atoms with Crippen LogP contribution in [0.3, 0.4) is 0 Å². The molecule has 0 saturated carbocycles. The van der Waals surface area contributed by atoms with Crippen LogP contribution in [0.4, 0.5) is 0 Å². The lowest BCUT2D eigenvalue weighted by Crippen LogP contribution is -2.19. The van der Waals surface area contributed by atoms with Crippen LogP contribution in [0.15, 0.2) is 11.6 Å². The average molecular weight is 274 g/mol. The highest BCUT2D eigenvalue weighted by molar-refractivity contribution is 7.53. The minimum atomic E-state index is -2.88. The standard InChI is InChI=1S/C14H27O3P/c1-5-16-18(15,17-6-2)11-13(4)14-9-7-12(3)8-10-14/h7,13-14H,5-6,8-11H2,1-4H3. The maximum atomic E-state index is 12.5. The molecular weight excluding hydrogens is 247 g/mol. The van der Waals surface area contributed by atoms with E-state index in [-0.39, 0.29) is 0 Å². The van der Waals surface area contributed by atoms with Crippen molar-refractivity contribution in [2.24, 2.45) is 11.8 Å². The Balaban J connectivity index is 2.56. The highest BCUT2D eigenvalue weighted by Crippen LogP contribution is 2.51. The maximum absolute atomic E-state index is 12.5. The van der Waals surface area contributed by atoms with Gasteiger partial charge in [0, 0.05) is 0 Å². The van der Waals surface area contributed by atoms with Gasteiger partial charge < -0.3 is 9.05 Å². The van der Waals surface area contributed by atoms with E-state index in [2.05, 4.69) is 19.9 Å². The first-order valence-corrected chi connectivity index (χ1v) is 8.77. The second-order valence-electron chi connectivity index (χ2n) is 5.19. The summed E-state index contributed by atoms with van der Waals surface area (Å²) in [6.45, 7) is 8.99. The van der Waals surface area contributed by atoms with Crippen molar-refractivity contribution in [2.75, 3.05) is 19.4 Å². The van der Waals surface area contributed by atoms with Crippen LogP contribution in [0.2, 0.25) is 0 Å². The zero-order chi connectivity index (χ0) is 13.6. The van der Waals surface area contributed by atoms with Crippen molar-refractivity contribution in [3.63, 3.8) is 0 Å². The number of hydrogen-bond acceptors (Lipinski definition) is 3. The third-order valence-corrected chi connectivity index (χ3v) is 5.97. The minimum absolute atomic E-state index is 0.387. The normalized spacial score (nSPS) is 22.7. The molecule has 106 valence electrons.